The van der Waals surface area contributed by atoms with Crippen LogP contribution in [0.3, 0.4) is 0 Å². The molecule has 2 rings (SSSR count). The molecule has 0 aliphatic carbocycles. The van der Waals surface area contributed by atoms with Crippen LogP contribution in [0.25, 0.3) is 11.3 Å². The number of ether oxygens (including phenoxy) is 1. The number of oxazole rings is 1. The Bertz CT molecular complexity index is 707. The summed E-state index contributed by atoms with van der Waals surface area (Å²) in [7, 11) is 1.61. The summed E-state index contributed by atoms with van der Waals surface area (Å²) < 4.78 is 17.5. The molecule has 1 heterocycles. The van der Waals surface area contributed by atoms with Gasteiger partial charge in [-0.05, 0) is 12.1 Å². The highest BCUT2D eigenvalue weighted by molar-refractivity contribution is 8.13. The van der Waals surface area contributed by atoms with E-state index >= 15 is 0 Å². The lowest BCUT2D eigenvalue weighted by Gasteiger charge is -2.01. The van der Waals surface area contributed by atoms with Gasteiger partial charge in [-0.2, -0.15) is 4.99 Å². The molecule has 0 aliphatic heterocycles. The van der Waals surface area contributed by atoms with Crippen molar-refractivity contribution in [1.82, 2.24) is 4.98 Å². The van der Waals surface area contributed by atoms with Gasteiger partial charge < -0.3 is 20.6 Å². The minimum atomic E-state index is -0.200. The molecule has 0 fully saturated rings. The van der Waals surface area contributed by atoms with E-state index in [4.69, 9.17) is 22.0 Å². The lowest BCUT2D eigenvalue weighted by molar-refractivity contribution is 0.414. The first-order valence-corrected chi connectivity index (χ1v) is 6.94. The van der Waals surface area contributed by atoms with Gasteiger partial charge in [0.05, 0.1) is 19.1 Å². The largest absolute Gasteiger partial charge is 0.497 e. The molecule has 0 bridgehead atoms. The standard InChI is InChI=1S/C13H15N5O2S.ClH/c1-19-9-4-2-3-8(5-9)10-6-17-11(20-10)7-21-13(16)18-12(14)15;/h2-6H,7H2,1H3,(H5,14,15,16,18);1H. The number of nitrogens with two attached hydrogens (primary N) is 2. The smallest absolute Gasteiger partial charge is 0.214 e. The molecular weight excluding hydrogens is 326 g/mol. The van der Waals surface area contributed by atoms with Gasteiger partial charge in [0, 0.05) is 5.56 Å². The van der Waals surface area contributed by atoms with E-state index in [-0.39, 0.29) is 23.5 Å². The van der Waals surface area contributed by atoms with Crippen molar-refractivity contribution in [2.75, 3.05) is 7.11 Å². The van der Waals surface area contributed by atoms with Gasteiger partial charge in [0.1, 0.15) is 5.75 Å². The number of amidine groups is 1. The third-order valence-electron chi connectivity index (χ3n) is 2.48. The summed E-state index contributed by atoms with van der Waals surface area (Å²) in [5, 5.41) is 3.15. The van der Waals surface area contributed by atoms with Crippen molar-refractivity contribution in [2.45, 2.75) is 5.75 Å². The Morgan fingerprint density at radius 3 is 3.09 bits per heavy atom. The SMILES string of the molecule is Cl.[H]/N=C(N)/N=C(\N)SCc1ncc(-c2cccc(OC)c2)o1. The van der Waals surface area contributed by atoms with Crippen LogP contribution in [-0.4, -0.2) is 23.2 Å². The van der Waals surface area contributed by atoms with Crippen molar-refractivity contribution in [1.29, 1.82) is 5.40 Å². The number of aromatic nitrogens is 1. The Morgan fingerprint density at radius 2 is 2.36 bits per heavy atom. The van der Waals surface area contributed by atoms with Gasteiger partial charge in [-0.3, -0.25) is 5.40 Å². The summed E-state index contributed by atoms with van der Waals surface area (Å²) in [6, 6.07) is 7.49. The number of hydrogen-bond acceptors (Lipinski definition) is 5. The molecule has 0 amide bonds. The summed E-state index contributed by atoms with van der Waals surface area (Å²) in [5.41, 5.74) is 11.8. The molecule has 22 heavy (non-hydrogen) atoms. The van der Waals surface area contributed by atoms with Crippen molar-refractivity contribution in [3.63, 3.8) is 0 Å². The van der Waals surface area contributed by atoms with Crippen LogP contribution in [0.15, 0.2) is 39.9 Å². The van der Waals surface area contributed by atoms with Crippen molar-refractivity contribution in [3.05, 3.63) is 36.4 Å². The average Bonchev–Trinajstić information content (AvgIpc) is 3.02. The predicted molar refractivity (Wildman–Crippen MR) is 90.6 cm³/mol. The van der Waals surface area contributed by atoms with Gasteiger partial charge in [-0.25, -0.2) is 4.98 Å². The Kier molecular flexibility index (Phi) is 6.11. The van der Waals surface area contributed by atoms with E-state index in [0.29, 0.717) is 17.4 Å². The molecule has 0 atom stereocenters. The van der Waals surface area contributed by atoms with Gasteiger partial charge in [0.15, 0.2) is 12.3 Å². The Hall–Kier alpha value is -2.19. The van der Waals surface area contributed by atoms with Crippen molar-refractivity contribution in [3.8, 4) is 17.1 Å². The minimum Gasteiger partial charge on any atom is -0.497 e. The Balaban J connectivity index is 0.00000264. The van der Waals surface area contributed by atoms with Gasteiger partial charge >= 0.3 is 0 Å². The highest BCUT2D eigenvalue weighted by Gasteiger charge is 2.08. The lowest BCUT2D eigenvalue weighted by atomic mass is 10.2. The van der Waals surface area contributed by atoms with E-state index in [9.17, 15) is 0 Å². The van der Waals surface area contributed by atoms with Gasteiger partial charge in [0.2, 0.25) is 11.9 Å². The van der Waals surface area contributed by atoms with Crippen LogP contribution in [0, 0.1) is 5.40 Å². The summed E-state index contributed by atoms with van der Waals surface area (Å²) in [4.78, 5) is 7.89. The van der Waals surface area contributed by atoms with Crippen LogP contribution >= 0.6 is 24.2 Å². The average molecular weight is 342 g/mol. The van der Waals surface area contributed by atoms with E-state index in [1.54, 1.807) is 13.3 Å². The van der Waals surface area contributed by atoms with Crippen LogP contribution in [0.4, 0.5) is 0 Å². The van der Waals surface area contributed by atoms with Gasteiger partial charge in [-0.1, -0.05) is 23.9 Å². The number of thioether (sulfide) groups is 1. The number of nitrogens with one attached hydrogen (secondary N) is 1. The molecule has 0 saturated carbocycles. The fraction of sp³-hybridized carbons (Fsp3) is 0.154. The molecule has 0 saturated heterocycles. The number of guanidine groups is 1. The van der Waals surface area contributed by atoms with Crippen molar-refractivity contribution >= 4 is 35.3 Å². The number of rotatable bonds is 4. The first-order chi connectivity index (χ1) is 10.6. The number of aliphatic imine (C=N–C) groups is 1. The van der Waals surface area contributed by atoms with Gasteiger partial charge in [-0.15, -0.1) is 12.4 Å². The summed E-state index contributed by atoms with van der Waals surface area (Å²) in [5.74, 6) is 2.07. The predicted octanol–water partition coefficient (Wildman–Crippen LogP) is 2.21. The Morgan fingerprint density at radius 1 is 1.55 bits per heavy atom. The Labute approximate surface area is 139 Å². The van der Waals surface area contributed by atoms with E-state index in [0.717, 1.165) is 11.3 Å². The fourth-order valence-electron chi connectivity index (χ4n) is 1.57. The second-order valence-corrected chi connectivity index (χ2v) is 4.94. The zero-order chi connectivity index (χ0) is 15.9. The van der Waals surface area contributed by atoms with Crippen LogP contribution in [0.1, 0.15) is 5.89 Å². The van der Waals surface area contributed by atoms with Crippen LogP contribution in [0.2, 0.25) is 1.41 Å². The van der Waals surface area contributed by atoms with Crippen LogP contribution < -0.4 is 16.2 Å². The summed E-state index contributed by atoms with van der Waals surface area (Å²) in [6.45, 7) is 0. The molecule has 1 aromatic carbocycles. The second kappa shape index (κ2) is 8.30. The third-order valence-corrected chi connectivity index (χ3v) is 3.25. The number of halogens is 1. The maximum Gasteiger partial charge on any atom is 0.214 e. The van der Waals surface area contributed by atoms with Crippen LogP contribution in [0.5, 0.6) is 5.75 Å². The molecule has 2 aromatic rings. The molecule has 0 aliphatic rings. The molecule has 0 radical (unpaired) electrons. The molecule has 5 N–H and O–H groups in total. The maximum atomic E-state index is 6.68. The van der Waals surface area contributed by atoms with E-state index in [1.807, 2.05) is 24.3 Å². The quantitative estimate of drug-likeness (QED) is 0.578. The molecular formula is C13H16ClN5O2S. The molecule has 9 heteroatoms. The van der Waals surface area contributed by atoms with Crippen LogP contribution in [-0.2, 0) is 5.75 Å². The zero-order valence-electron chi connectivity index (χ0n) is 12.7. The molecule has 118 valence electrons. The minimum absolute atomic E-state index is 0. The third kappa shape index (κ3) is 4.97. The van der Waals surface area contributed by atoms with Crippen molar-refractivity contribution in [2.24, 2.45) is 16.5 Å². The monoisotopic (exact) mass is 341 g/mol. The lowest BCUT2D eigenvalue weighted by Crippen LogP contribution is -2.14. The first-order valence-electron chi connectivity index (χ1n) is 6.40. The van der Waals surface area contributed by atoms with E-state index < -0.39 is 0 Å². The topological polar surface area (TPSA) is 124 Å². The molecule has 1 aromatic heterocycles. The molecule has 0 unspecified atom stereocenters. The number of methoxy groups -OCH3 is 1. The second-order valence-electron chi connectivity index (χ2n) is 3.95. The maximum absolute atomic E-state index is 6.68. The summed E-state index contributed by atoms with van der Waals surface area (Å²) in [6.07, 6.45) is 1.64. The molecule has 0 spiro atoms. The highest BCUT2D eigenvalue weighted by Crippen LogP contribution is 2.25. The van der Waals surface area contributed by atoms with Gasteiger partial charge in [0.25, 0.3) is 0 Å². The van der Waals surface area contributed by atoms with E-state index in [1.165, 1.54) is 11.8 Å². The number of hydrogen-bond donors (Lipinski definition) is 3. The fourth-order valence-corrected chi connectivity index (χ4v) is 2.13. The normalized spacial score (nSPS) is 12.5. The zero-order valence-corrected chi connectivity index (χ0v) is 13.4. The number of nitrogens with zero attached hydrogens (tertiary/aromatic N) is 2. The number of benzene rings is 1. The molecule has 7 nitrogen and oxygen atoms in total. The van der Waals surface area contributed by atoms with Crippen molar-refractivity contribution < 1.29 is 10.6 Å². The highest BCUT2D eigenvalue weighted by atomic mass is 35.5. The first kappa shape index (κ1) is 16.2. The van der Waals surface area contributed by atoms with E-state index in [2.05, 4.69) is 15.4 Å². The summed E-state index contributed by atoms with van der Waals surface area (Å²) >= 11 is 1.19.